The Balaban J connectivity index is 1.85. The number of nitrogens with one attached hydrogen (secondary N) is 2. The Kier molecular flexibility index (Phi) is 5.78. The number of anilines is 2. The number of esters is 1. The van der Waals surface area contributed by atoms with E-state index in [9.17, 15) is 9.59 Å². The number of amides is 2. The standard InChI is InChI=1S/C18H21N3O3/c1-21(2)16-10-8-15(9-11-16)20-18(23)19-12-13-4-6-14(7-5-13)17(22)24-3/h4-11H,12H2,1-3H3,(H2,19,20,23). The molecule has 2 aromatic carbocycles. The molecule has 2 rings (SSSR count). The number of nitrogens with zero attached hydrogens (tertiary/aromatic N) is 1. The van der Waals surface area contributed by atoms with E-state index in [1.165, 1.54) is 7.11 Å². The number of carbonyl (C=O) groups excluding carboxylic acids is 2. The van der Waals surface area contributed by atoms with Gasteiger partial charge in [-0.2, -0.15) is 0 Å². The molecular weight excluding hydrogens is 306 g/mol. The lowest BCUT2D eigenvalue weighted by atomic mass is 10.1. The van der Waals surface area contributed by atoms with Crippen molar-refractivity contribution < 1.29 is 14.3 Å². The number of carbonyl (C=O) groups is 2. The molecule has 0 fully saturated rings. The van der Waals surface area contributed by atoms with E-state index in [0.717, 1.165) is 16.9 Å². The summed E-state index contributed by atoms with van der Waals surface area (Å²) in [6, 6.07) is 14.2. The molecule has 0 atom stereocenters. The lowest BCUT2D eigenvalue weighted by Crippen LogP contribution is -2.28. The van der Waals surface area contributed by atoms with Crippen LogP contribution in [0.3, 0.4) is 0 Å². The van der Waals surface area contributed by atoms with E-state index >= 15 is 0 Å². The second kappa shape index (κ2) is 8.01. The van der Waals surface area contributed by atoms with E-state index in [-0.39, 0.29) is 12.0 Å². The minimum Gasteiger partial charge on any atom is -0.465 e. The van der Waals surface area contributed by atoms with Gasteiger partial charge in [0.05, 0.1) is 12.7 Å². The fourth-order valence-corrected chi connectivity index (χ4v) is 2.08. The van der Waals surface area contributed by atoms with Gasteiger partial charge in [0.2, 0.25) is 0 Å². The van der Waals surface area contributed by atoms with Gasteiger partial charge in [0.1, 0.15) is 0 Å². The molecule has 6 nitrogen and oxygen atoms in total. The Morgan fingerprint density at radius 1 is 1.00 bits per heavy atom. The minimum atomic E-state index is -0.381. The molecule has 0 bridgehead atoms. The highest BCUT2D eigenvalue weighted by atomic mass is 16.5. The maximum absolute atomic E-state index is 11.9. The molecule has 6 heteroatoms. The average molecular weight is 327 g/mol. The highest BCUT2D eigenvalue weighted by Crippen LogP contribution is 2.15. The van der Waals surface area contributed by atoms with Crippen LogP contribution in [0.4, 0.5) is 16.2 Å². The quantitative estimate of drug-likeness (QED) is 0.829. The smallest absolute Gasteiger partial charge is 0.337 e. The van der Waals surface area contributed by atoms with Crippen LogP contribution in [0.25, 0.3) is 0 Å². The fourth-order valence-electron chi connectivity index (χ4n) is 2.08. The summed E-state index contributed by atoms with van der Waals surface area (Å²) in [5, 5.41) is 5.55. The number of hydrogen-bond acceptors (Lipinski definition) is 4. The molecule has 0 aliphatic heterocycles. The summed E-state index contributed by atoms with van der Waals surface area (Å²) in [5.41, 5.74) is 3.15. The summed E-state index contributed by atoms with van der Waals surface area (Å²) in [6.45, 7) is 0.364. The van der Waals surface area contributed by atoms with Crippen LogP contribution in [-0.4, -0.2) is 33.2 Å². The molecular formula is C18H21N3O3. The van der Waals surface area contributed by atoms with Crippen LogP contribution in [0.1, 0.15) is 15.9 Å². The summed E-state index contributed by atoms with van der Waals surface area (Å²) in [5.74, 6) is -0.381. The van der Waals surface area contributed by atoms with Gasteiger partial charge in [0, 0.05) is 32.0 Å². The summed E-state index contributed by atoms with van der Waals surface area (Å²) < 4.78 is 4.64. The molecule has 2 amide bonds. The van der Waals surface area contributed by atoms with E-state index < -0.39 is 0 Å². The molecule has 0 heterocycles. The molecule has 0 spiro atoms. The van der Waals surface area contributed by atoms with Crippen molar-refractivity contribution in [2.24, 2.45) is 0 Å². The lowest BCUT2D eigenvalue weighted by molar-refractivity contribution is 0.0600. The van der Waals surface area contributed by atoms with Gasteiger partial charge in [0.15, 0.2) is 0 Å². The molecule has 0 aliphatic carbocycles. The van der Waals surface area contributed by atoms with Gasteiger partial charge in [-0.25, -0.2) is 9.59 Å². The van der Waals surface area contributed by atoms with Crippen LogP contribution in [0.5, 0.6) is 0 Å². The van der Waals surface area contributed by atoms with Crippen molar-refractivity contribution in [3.8, 4) is 0 Å². The van der Waals surface area contributed by atoms with Gasteiger partial charge >= 0.3 is 12.0 Å². The molecule has 0 aromatic heterocycles. The summed E-state index contributed by atoms with van der Waals surface area (Å²) >= 11 is 0. The molecule has 2 aromatic rings. The van der Waals surface area contributed by atoms with Crippen LogP contribution in [0.15, 0.2) is 48.5 Å². The normalized spacial score (nSPS) is 9.96. The molecule has 2 N–H and O–H groups in total. The first-order valence-corrected chi connectivity index (χ1v) is 7.49. The third-order valence-corrected chi connectivity index (χ3v) is 3.47. The van der Waals surface area contributed by atoms with Crippen LogP contribution >= 0.6 is 0 Å². The van der Waals surface area contributed by atoms with Gasteiger partial charge in [-0.15, -0.1) is 0 Å². The third kappa shape index (κ3) is 4.74. The molecule has 0 saturated carbocycles. The average Bonchev–Trinajstić information content (AvgIpc) is 2.60. The first-order chi connectivity index (χ1) is 11.5. The van der Waals surface area contributed by atoms with Crippen molar-refractivity contribution in [1.29, 1.82) is 0 Å². The zero-order valence-electron chi connectivity index (χ0n) is 14.0. The van der Waals surface area contributed by atoms with Crippen molar-refractivity contribution >= 4 is 23.4 Å². The summed E-state index contributed by atoms with van der Waals surface area (Å²) in [7, 11) is 5.26. The number of benzene rings is 2. The predicted molar refractivity (Wildman–Crippen MR) is 94.4 cm³/mol. The molecule has 0 unspecified atom stereocenters. The number of rotatable bonds is 5. The Bertz CT molecular complexity index is 694. The van der Waals surface area contributed by atoms with Gasteiger partial charge in [0.25, 0.3) is 0 Å². The van der Waals surface area contributed by atoms with Crippen LogP contribution in [0.2, 0.25) is 0 Å². The van der Waals surface area contributed by atoms with E-state index in [1.54, 1.807) is 24.3 Å². The zero-order valence-corrected chi connectivity index (χ0v) is 14.0. The SMILES string of the molecule is COC(=O)c1ccc(CNC(=O)Nc2ccc(N(C)C)cc2)cc1. The highest BCUT2D eigenvalue weighted by molar-refractivity contribution is 5.90. The van der Waals surface area contributed by atoms with Crippen molar-refractivity contribution in [2.75, 3.05) is 31.4 Å². The largest absolute Gasteiger partial charge is 0.465 e. The second-order valence-corrected chi connectivity index (χ2v) is 5.44. The van der Waals surface area contributed by atoms with Gasteiger partial charge in [-0.05, 0) is 42.0 Å². The van der Waals surface area contributed by atoms with Gasteiger partial charge < -0.3 is 20.3 Å². The molecule has 0 aliphatic rings. The van der Waals surface area contributed by atoms with Crippen LogP contribution in [0, 0.1) is 0 Å². The minimum absolute atomic E-state index is 0.287. The Morgan fingerprint density at radius 3 is 2.17 bits per heavy atom. The molecule has 126 valence electrons. The Hall–Kier alpha value is -3.02. The Morgan fingerprint density at radius 2 is 1.62 bits per heavy atom. The first kappa shape index (κ1) is 17.3. The van der Waals surface area contributed by atoms with E-state index in [2.05, 4.69) is 15.4 Å². The number of ether oxygens (including phenoxy) is 1. The summed E-state index contributed by atoms with van der Waals surface area (Å²) in [4.78, 5) is 25.3. The number of hydrogen-bond donors (Lipinski definition) is 2. The molecule has 0 radical (unpaired) electrons. The molecule has 0 saturated heterocycles. The Labute approximate surface area is 141 Å². The first-order valence-electron chi connectivity index (χ1n) is 7.49. The maximum atomic E-state index is 11.9. The monoisotopic (exact) mass is 327 g/mol. The van der Waals surface area contributed by atoms with Gasteiger partial charge in [-0.1, -0.05) is 12.1 Å². The zero-order chi connectivity index (χ0) is 17.5. The maximum Gasteiger partial charge on any atom is 0.337 e. The van der Waals surface area contributed by atoms with E-state index in [1.807, 2.05) is 43.3 Å². The van der Waals surface area contributed by atoms with Crippen molar-refractivity contribution in [2.45, 2.75) is 6.54 Å². The third-order valence-electron chi connectivity index (χ3n) is 3.47. The lowest BCUT2D eigenvalue weighted by Gasteiger charge is -2.13. The van der Waals surface area contributed by atoms with Crippen LogP contribution < -0.4 is 15.5 Å². The highest BCUT2D eigenvalue weighted by Gasteiger charge is 2.06. The topological polar surface area (TPSA) is 70.7 Å². The van der Waals surface area contributed by atoms with Crippen molar-refractivity contribution in [3.05, 3.63) is 59.7 Å². The van der Waals surface area contributed by atoms with E-state index in [4.69, 9.17) is 0 Å². The van der Waals surface area contributed by atoms with Gasteiger partial charge in [-0.3, -0.25) is 0 Å². The van der Waals surface area contributed by atoms with Crippen molar-refractivity contribution in [1.82, 2.24) is 5.32 Å². The summed E-state index contributed by atoms with van der Waals surface area (Å²) in [6.07, 6.45) is 0. The second-order valence-electron chi connectivity index (χ2n) is 5.44. The van der Waals surface area contributed by atoms with E-state index in [0.29, 0.717) is 12.1 Å². The van der Waals surface area contributed by atoms with Crippen LogP contribution in [-0.2, 0) is 11.3 Å². The van der Waals surface area contributed by atoms with Crippen molar-refractivity contribution in [3.63, 3.8) is 0 Å². The number of methoxy groups -OCH3 is 1. The molecule has 24 heavy (non-hydrogen) atoms. The number of urea groups is 1. The fraction of sp³-hybridized carbons (Fsp3) is 0.222. The predicted octanol–water partition coefficient (Wildman–Crippen LogP) is 2.86.